The topological polar surface area (TPSA) is 15.3 Å². The van der Waals surface area contributed by atoms with Crippen LogP contribution in [-0.4, -0.2) is 37.1 Å². The highest BCUT2D eigenvalue weighted by molar-refractivity contribution is 4.83. The van der Waals surface area contributed by atoms with E-state index in [2.05, 4.69) is 17.1 Å². The minimum atomic E-state index is 0.886. The van der Waals surface area contributed by atoms with Crippen LogP contribution >= 0.6 is 0 Å². The molecule has 13 heavy (non-hydrogen) atoms. The van der Waals surface area contributed by atoms with Crippen molar-refractivity contribution >= 4 is 0 Å². The average Bonchev–Trinajstić information content (AvgIpc) is 2.99. The molecule has 1 heterocycles. The first-order chi connectivity index (χ1) is 6.38. The molecular formula is C11H22N2. The monoisotopic (exact) mass is 182 g/mol. The smallest absolute Gasteiger partial charge is 0.00683 e. The van der Waals surface area contributed by atoms with Crippen molar-refractivity contribution in [3.05, 3.63) is 0 Å². The highest BCUT2D eigenvalue weighted by atomic mass is 15.1. The second kappa shape index (κ2) is 4.43. The summed E-state index contributed by atoms with van der Waals surface area (Å²) in [5, 5.41) is 3.64. The zero-order valence-corrected chi connectivity index (χ0v) is 8.76. The van der Waals surface area contributed by atoms with Crippen molar-refractivity contribution in [2.24, 2.45) is 5.92 Å². The Bertz CT molecular complexity index is 154. The van der Waals surface area contributed by atoms with Crippen LogP contribution in [0.1, 0.15) is 32.6 Å². The molecule has 0 amide bonds. The number of piperidine rings is 1. The molecule has 2 fully saturated rings. The minimum absolute atomic E-state index is 0.886. The molecule has 1 unspecified atom stereocenters. The van der Waals surface area contributed by atoms with Gasteiger partial charge in [-0.15, -0.1) is 0 Å². The highest BCUT2D eigenvalue weighted by Gasteiger charge is 2.23. The SMILES string of the molecule is CCN1CCCC(CNC2CC2)C1. The van der Waals surface area contributed by atoms with Gasteiger partial charge in [0.1, 0.15) is 0 Å². The van der Waals surface area contributed by atoms with Gasteiger partial charge in [0.2, 0.25) is 0 Å². The Labute approximate surface area is 81.7 Å². The molecule has 2 aliphatic rings. The predicted octanol–water partition coefficient (Wildman–Crippen LogP) is 1.47. The lowest BCUT2D eigenvalue weighted by Crippen LogP contribution is -2.39. The van der Waals surface area contributed by atoms with Crippen LogP contribution in [0, 0.1) is 5.92 Å². The van der Waals surface area contributed by atoms with Crippen LogP contribution in [0.2, 0.25) is 0 Å². The molecule has 1 atom stereocenters. The third-order valence-electron chi connectivity index (χ3n) is 3.32. The lowest BCUT2D eigenvalue weighted by Gasteiger charge is -2.31. The fourth-order valence-corrected chi connectivity index (χ4v) is 2.23. The molecule has 2 nitrogen and oxygen atoms in total. The van der Waals surface area contributed by atoms with Gasteiger partial charge in [-0.1, -0.05) is 6.92 Å². The van der Waals surface area contributed by atoms with Crippen LogP contribution in [0.4, 0.5) is 0 Å². The van der Waals surface area contributed by atoms with E-state index >= 15 is 0 Å². The molecule has 2 rings (SSSR count). The largest absolute Gasteiger partial charge is 0.314 e. The molecular weight excluding hydrogens is 160 g/mol. The van der Waals surface area contributed by atoms with Crippen molar-refractivity contribution in [1.82, 2.24) is 10.2 Å². The van der Waals surface area contributed by atoms with Gasteiger partial charge in [-0.2, -0.15) is 0 Å². The van der Waals surface area contributed by atoms with E-state index in [0.29, 0.717) is 0 Å². The Morgan fingerprint density at radius 2 is 2.15 bits per heavy atom. The number of likely N-dealkylation sites (tertiary alicyclic amines) is 1. The molecule has 1 saturated carbocycles. The summed E-state index contributed by atoms with van der Waals surface area (Å²) in [7, 11) is 0. The van der Waals surface area contributed by atoms with E-state index in [9.17, 15) is 0 Å². The van der Waals surface area contributed by atoms with Crippen molar-refractivity contribution in [3.8, 4) is 0 Å². The predicted molar refractivity (Wildman–Crippen MR) is 55.9 cm³/mol. The first kappa shape index (κ1) is 9.47. The van der Waals surface area contributed by atoms with E-state index in [-0.39, 0.29) is 0 Å². The molecule has 0 radical (unpaired) electrons. The van der Waals surface area contributed by atoms with Crippen molar-refractivity contribution in [2.75, 3.05) is 26.2 Å². The van der Waals surface area contributed by atoms with Crippen LogP contribution in [0.5, 0.6) is 0 Å². The summed E-state index contributed by atoms with van der Waals surface area (Å²) in [5.41, 5.74) is 0. The van der Waals surface area contributed by atoms with Crippen LogP contribution in [0.15, 0.2) is 0 Å². The minimum Gasteiger partial charge on any atom is -0.314 e. The van der Waals surface area contributed by atoms with Gasteiger partial charge in [-0.25, -0.2) is 0 Å². The number of rotatable bonds is 4. The molecule has 1 N–H and O–H groups in total. The summed E-state index contributed by atoms with van der Waals surface area (Å²) in [6, 6.07) is 0.886. The molecule has 1 aliphatic carbocycles. The summed E-state index contributed by atoms with van der Waals surface area (Å²) in [4.78, 5) is 2.59. The zero-order chi connectivity index (χ0) is 9.10. The van der Waals surface area contributed by atoms with E-state index in [1.807, 2.05) is 0 Å². The average molecular weight is 182 g/mol. The van der Waals surface area contributed by atoms with Crippen LogP contribution in [0.3, 0.4) is 0 Å². The molecule has 1 saturated heterocycles. The van der Waals surface area contributed by atoms with E-state index in [4.69, 9.17) is 0 Å². The summed E-state index contributed by atoms with van der Waals surface area (Å²) in [6.45, 7) is 7.43. The molecule has 0 aromatic carbocycles. The molecule has 0 aromatic heterocycles. The summed E-state index contributed by atoms with van der Waals surface area (Å²) < 4.78 is 0. The van der Waals surface area contributed by atoms with Crippen LogP contribution < -0.4 is 5.32 Å². The van der Waals surface area contributed by atoms with Gasteiger partial charge < -0.3 is 10.2 Å². The number of nitrogens with zero attached hydrogens (tertiary/aromatic N) is 1. The normalized spacial score (nSPS) is 30.7. The van der Waals surface area contributed by atoms with Gasteiger partial charge in [-0.05, 0) is 51.2 Å². The van der Waals surface area contributed by atoms with Crippen molar-refractivity contribution < 1.29 is 0 Å². The van der Waals surface area contributed by atoms with Gasteiger partial charge in [0.15, 0.2) is 0 Å². The van der Waals surface area contributed by atoms with Gasteiger partial charge in [0.05, 0.1) is 0 Å². The maximum absolute atomic E-state index is 3.64. The second-order valence-corrected chi connectivity index (χ2v) is 4.58. The lowest BCUT2D eigenvalue weighted by atomic mass is 9.98. The van der Waals surface area contributed by atoms with E-state index in [1.165, 1.54) is 51.9 Å². The maximum Gasteiger partial charge on any atom is 0.00683 e. The Morgan fingerprint density at radius 1 is 1.31 bits per heavy atom. The van der Waals surface area contributed by atoms with Crippen LogP contribution in [0.25, 0.3) is 0 Å². The third-order valence-corrected chi connectivity index (χ3v) is 3.32. The van der Waals surface area contributed by atoms with Gasteiger partial charge in [-0.3, -0.25) is 0 Å². The second-order valence-electron chi connectivity index (χ2n) is 4.58. The van der Waals surface area contributed by atoms with Gasteiger partial charge in [0, 0.05) is 12.6 Å². The van der Waals surface area contributed by atoms with E-state index in [0.717, 1.165) is 12.0 Å². The first-order valence-electron chi connectivity index (χ1n) is 5.84. The molecule has 1 aliphatic heterocycles. The fraction of sp³-hybridized carbons (Fsp3) is 1.00. The third kappa shape index (κ3) is 2.96. The number of hydrogen-bond acceptors (Lipinski definition) is 2. The summed E-state index contributed by atoms with van der Waals surface area (Å²) >= 11 is 0. The molecule has 0 spiro atoms. The lowest BCUT2D eigenvalue weighted by molar-refractivity contribution is 0.180. The molecule has 0 bridgehead atoms. The number of nitrogens with one attached hydrogen (secondary N) is 1. The molecule has 0 aromatic rings. The Morgan fingerprint density at radius 3 is 2.85 bits per heavy atom. The van der Waals surface area contributed by atoms with Crippen molar-refractivity contribution in [2.45, 2.75) is 38.6 Å². The highest BCUT2D eigenvalue weighted by Crippen LogP contribution is 2.21. The van der Waals surface area contributed by atoms with Gasteiger partial charge in [0.25, 0.3) is 0 Å². The van der Waals surface area contributed by atoms with Crippen LogP contribution in [-0.2, 0) is 0 Å². The Balaban J connectivity index is 1.65. The Hall–Kier alpha value is -0.0800. The fourth-order valence-electron chi connectivity index (χ4n) is 2.23. The van der Waals surface area contributed by atoms with Crippen molar-refractivity contribution in [1.29, 1.82) is 0 Å². The first-order valence-corrected chi connectivity index (χ1v) is 5.84. The summed E-state index contributed by atoms with van der Waals surface area (Å²) in [5.74, 6) is 0.925. The summed E-state index contributed by atoms with van der Waals surface area (Å²) in [6.07, 6.45) is 5.69. The molecule has 2 heteroatoms. The quantitative estimate of drug-likeness (QED) is 0.708. The Kier molecular flexibility index (Phi) is 3.23. The van der Waals surface area contributed by atoms with E-state index < -0.39 is 0 Å². The van der Waals surface area contributed by atoms with Gasteiger partial charge >= 0.3 is 0 Å². The van der Waals surface area contributed by atoms with E-state index in [1.54, 1.807) is 0 Å². The molecule has 76 valence electrons. The zero-order valence-electron chi connectivity index (χ0n) is 8.76. The number of hydrogen-bond donors (Lipinski definition) is 1. The van der Waals surface area contributed by atoms with Crippen molar-refractivity contribution in [3.63, 3.8) is 0 Å². The maximum atomic E-state index is 3.64. The standard InChI is InChI=1S/C11H22N2/c1-2-13-7-3-4-10(9-13)8-12-11-5-6-11/h10-12H,2-9H2,1H3.